The molecule has 1 aromatic rings. The van der Waals surface area contributed by atoms with E-state index in [1.807, 2.05) is 18.7 Å². The number of likely N-dealkylation sites (tertiary alicyclic amines) is 1. The number of aromatic nitrogens is 1. The van der Waals surface area contributed by atoms with Gasteiger partial charge in [-0.25, -0.2) is 4.98 Å². The third-order valence-electron chi connectivity index (χ3n) is 4.23. The summed E-state index contributed by atoms with van der Waals surface area (Å²) in [6, 6.07) is 0. The molecule has 0 bridgehead atoms. The van der Waals surface area contributed by atoms with Crippen LogP contribution in [0.3, 0.4) is 0 Å². The summed E-state index contributed by atoms with van der Waals surface area (Å²) < 4.78 is 5.62. The minimum atomic E-state index is 0.158. The molecule has 19 heavy (non-hydrogen) atoms. The second-order valence-corrected chi connectivity index (χ2v) is 6.98. The molecule has 1 unspecified atom stereocenters. The van der Waals surface area contributed by atoms with Gasteiger partial charge in [0.1, 0.15) is 4.88 Å². The number of ether oxygens (including phenoxy) is 1. The van der Waals surface area contributed by atoms with E-state index in [-0.39, 0.29) is 11.3 Å². The van der Waals surface area contributed by atoms with Crippen LogP contribution >= 0.6 is 11.3 Å². The normalized spacial score (nSPS) is 27.2. The second-order valence-electron chi connectivity index (χ2n) is 5.78. The van der Waals surface area contributed by atoms with E-state index in [0.29, 0.717) is 0 Å². The number of rotatable bonds is 1. The average molecular weight is 280 g/mol. The maximum absolute atomic E-state index is 12.6. The quantitative estimate of drug-likeness (QED) is 0.793. The lowest BCUT2D eigenvalue weighted by molar-refractivity contribution is -0.00157. The van der Waals surface area contributed by atoms with Gasteiger partial charge in [-0.2, -0.15) is 0 Å². The highest BCUT2D eigenvalue weighted by Crippen LogP contribution is 2.38. The van der Waals surface area contributed by atoms with Gasteiger partial charge in [-0.15, -0.1) is 11.3 Å². The van der Waals surface area contributed by atoms with Crippen molar-refractivity contribution in [2.75, 3.05) is 26.3 Å². The minimum Gasteiger partial charge on any atom is -0.381 e. The number of aryl methyl sites for hydroxylation is 2. The highest BCUT2D eigenvalue weighted by molar-refractivity contribution is 7.13. The maximum Gasteiger partial charge on any atom is 0.265 e. The molecular weight excluding hydrogens is 260 g/mol. The van der Waals surface area contributed by atoms with Crippen LogP contribution in [0.5, 0.6) is 0 Å². The molecule has 1 atom stereocenters. The molecule has 104 valence electrons. The third kappa shape index (κ3) is 2.41. The van der Waals surface area contributed by atoms with Crippen LogP contribution in [0.1, 0.15) is 39.6 Å². The van der Waals surface area contributed by atoms with Gasteiger partial charge in [0, 0.05) is 25.1 Å². The van der Waals surface area contributed by atoms with E-state index in [2.05, 4.69) is 4.98 Å². The van der Waals surface area contributed by atoms with Crippen LogP contribution in [0.4, 0.5) is 0 Å². The van der Waals surface area contributed by atoms with Crippen LogP contribution in [0, 0.1) is 19.3 Å². The number of carbonyl (C=O) groups is 1. The summed E-state index contributed by atoms with van der Waals surface area (Å²) in [4.78, 5) is 19.7. The van der Waals surface area contributed by atoms with E-state index in [9.17, 15) is 4.79 Å². The van der Waals surface area contributed by atoms with Gasteiger partial charge in [-0.3, -0.25) is 4.79 Å². The lowest BCUT2D eigenvalue weighted by atomic mass is 9.82. The SMILES string of the molecule is Cc1nc(C)c(C(=O)N2CCC3(CCCOC3)C2)s1. The first-order valence-corrected chi connectivity index (χ1v) is 7.72. The minimum absolute atomic E-state index is 0.158. The van der Waals surface area contributed by atoms with Crippen LogP contribution in [-0.2, 0) is 4.74 Å². The third-order valence-corrected chi connectivity index (χ3v) is 5.29. The summed E-state index contributed by atoms with van der Waals surface area (Å²) in [7, 11) is 0. The Hall–Kier alpha value is -0.940. The first-order valence-electron chi connectivity index (χ1n) is 6.91. The molecule has 2 saturated heterocycles. The van der Waals surface area contributed by atoms with Crippen molar-refractivity contribution in [1.29, 1.82) is 0 Å². The van der Waals surface area contributed by atoms with Crippen molar-refractivity contribution in [2.45, 2.75) is 33.1 Å². The van der Waals surface area contributed by atoms with Crippen molar-refractivity contribution in [3.05, 3.63) is 15.6 Å². The summed E-state index contributed by atoms with van der Waals surface area (Å²) in [5.41, 5.74) is 1.09. The highest BCUT2D eigenvalue weighted by Gasteiger charge is 2.41. The van der Waals surface area contributed by atoms with Crippen LogP contribution in [-0.4, -0.2) is 42.1 Å². The van der Waals surface area contributed by atoms with Gasteiger partial charge in [0.05, 0.1) is 17.3 Å². The number of hydrogen-bond donors (Lipinski definition) is 0. The van der Waals surface area contributed by atoms with Gasteiger partial charge < -0.3 is 9.64 Å². The van der Waals surface area contributed by atoms with Crippen molar-refractivity contribution in [2.24, 2.45) is 5.41 Å². The highest BCUT2D eigenvalue weighted by atomic mass is 32.1. The zero-order chi connectivity index (χ0) is 13.5. The Morgan fingerprint density at radius 2 is 2.26 bits per heavy atom. The topological polar surface area (TPSA) is 42.4 Å². The first-order chi connectivity index (χ1) is 9.10. The Morgan fingerprint density at radius 1 is 1.42 bits per heavy atom. The predicted molar refractivity (Wildman–Crippen MR) is 74.6 cm³/mol. The van der Waals surface area contributed by atoms with Crippen LogP contribution in [0.25, 0.3) is 0 Å². The lowest BCUT2D eigenvalue weighted by Crippen LogP contribution is -2.37. The fraction of sp³-hybridized carbons (Fsp3) is 0.714. The Morgan fingerprint density at radius 3 is 2.89 bits per heavy atom. The van der Waals surface area contributed by atoms with E-state index < -0.39 is 0 Å². The van der Waals surface area contributed by atoms with Gasteiger partial charge in [0.25, 0.3) is 5.91 Å². The summed E-state index contributed by atoms with van der Waals surface area (Å²) in [5, 5.41) is 0.968. The molecule has 0 radical (unpaired) electrons. The molecule has 0 aromatic carbocycles. The molecule has 4 nitrogen and oxygen atoms in total. The Balaban J connectivity index is 1.74. The molecule has 1 amide bonds. The fourth-order valence-electron chi connectivity index (χ4n) is 3.21. The molecule has 1 aromatic heterocycles. The van der Waals surface area contributed by atoms with Gasteiger partial charge in [-0.1, -0.05) is 0 Å². The molecule has 1 spiro atoms. The molecule has 2 aliphatic heterocycles. The van der Waals surface area contributed by atoms with Crippen molar-refractivity contribution >= 4 is 17.2 Å². The van der Waals surface area contributed by atoms with Crippen molar-refractivity contribution < 1.29 is 9.53 Å². The summed E-state index contributed by atoms with van der Waals surface area (Å²) in [5.74, 6) is 0.158. The zero-order valence-corrected chi connectivity index (χ0v) is 12.4. The van der Waals surface area contributed by atoms with E-state index >= 15 is 0 Å². The number of carbonyl (C=O) groups excluding carboxylic acids is 1. The Bertz CT molecular complexity index is 492. The maximum atomic E-state index is 12.6. The van der Waals surface area contributed by atoms with Crippen molar-refractivity contribution in [1.82, 2.24) is 9.88 Å². The van der Waals surface area contributed by atoms with Crippen LogP contribution in [0.2, 0.25) is 0 Å². The Labute approximate surface area is 117 Å². The number of hydrogen-bond acceptors (Lipinski definition) is 4. The molecule has 5 heteroatoms. The van der Waals surface area contributed by atoms with Gasteiger partial charge >= 0.3 is 0 Å². The van der Waals surface area contributed by atoms with Crippen LogP contribution < -0.4 is 0 Å². The number of amides is 1. The largest absolute Gasteiger partial charge is 0.381 e. The van der Waals surface area contributed by atoms with Gasteiger partial charge in [0.15, 0.2) is 0 Å². The van der Waals surface area contributed by atoms with E-state index in [1.165, 1.54) is 17.8 Å². The smallest absolute Gasteiger partial charge is 0.265 e. The molecule has 3 heterocycles. The molecule has 3 rings (SSSR count). The standard InChI is InChI=1S/C14H20N2O2S/c1-10-12(19-11(2)15-10)13(17)16-6-5-14(8-16)4-3-7-18-9-14/h3-9H2,1-2H3. The molecule has 0 saturated carbocycles. The second kappa shape index (κ2) is 4.87. The van der Waals surface area contributed by atoms with Crippen molar-refractivity contribution in [3.63, 3.8) is 0 Å². The molecule has 0 aliphatic carbocycles. The van der Waals surface area contributed by atoms with Gasteiger partial charge in [0.2, 0.25) is 0 Å². The van der Waals surface area contributed by atoms with Gasteiger partial charge in [-0.05, 0) is 33.1 Å². The molecular formula is C14H20N2O2S. The number of thiazole rings is 1. The number of nitrogens with zero attached hydrogens (tertiary/aromatic N) is 2. The van der Waals surface area contributed by atoms with Crippen LogP contribution in [0.15, 0.2) is 0 Å². The monoisotopic (exact) mass is 280 g/mol. The first kappa shape index (κ1) is 13.1. The summed E-state index contributed by atoms with van der Waals surface area (Å²) in [6.07, 6.45) is 3.40. The predicted octanol–water partition coefficient (Wildman–Crippen LogP) is 2.40. The van der Waals surface area contributed by atoms with Crippen molar-refractivity contribution in [3.8, 4) is 0 Å². The Kier molecular flexibility index (Phi) is 3.35. The molecule has 2 aliphatic rings. The molecule has 0 N–H and O–H groups in total. The summed E-state index contributed by atoms with van der Waals surface area (Å²) in [6.45, 7) is 7.28. The lowest BCUT2D eigenvalue weighted by Gasteiger charge is -2.32. The average Bonchev–Trinajstić information content (AvgIpc) is 2.94. The van der Waals surface area contributed by atoms with E-state index in [0.717, 1.165) is 54.7 Å². The molecule has 2 fully saturated rings. The zero-order valence-electron chi connectivity index (χ0n) is 11.6. The summed E-state index contributed by atoms with van der Waals surface area (Å²) >= 11 is 1.51. The van der Waals surface area contributed by atoms with E-state index in [1.54, 1.807) is 0 Å². The fourth-order valence-corrected chi connectivity index (χ4v) is 4.10. The van der Waals surface area contributed by atoms with E-state index in [4.69, 9.17) is 4.74 Å².